The standard InChI is InChI=1S/C11H12F3NO3/c12-11(13,14)7-3-1-2-6(4-7)9(16)5-8(15)10(17)18/h1-4,8-9,16H,5,15H2,(H,17,18). The predicted molar refractivity (Wildman–Crippen MR) is 56.6 cm³/mol. The third kappa shape index (κ3) is 3.71. The number of halogens is 3. The first-order valence-corrected chi connectivity index (χ1v) is 5.05. The van der Waals surface area contributed by atoms with Crippen molar-refractivity contribution in [2.75, 3.05) is 0 Å². The van der Waals surface area contributed by atoms with Crippen molar-refractivity contribution in [1.82, 2.24) is 0 Å². The molecule has 0 heterocycles. The lowest BCUT2D eigenvalue weighted by atomic mass is 10.0. The number of aliphatic carboxylic acids is 1. The summed E-state index contributed by atoms with van der Waals surface area (Å²) in [5.41, 5.74) is 4.28. The Morgan fingerprint density at radius 1 is 1.39 bits per heavy atom. The Labute approximate surface area is 101 Å². The van der Waals surface area contributed by atoms with E-state index in [1.807, 2.05) is 0 Å². The quantitative estimate of drug-likeness (QED) is 0.769. The summed E-state index contributed by atoms with van der Waals surface area (Å²) < 4.78 is 37.3. The summed E-state index contributed by atoms with van der Waals surface area (Å²) in [6.45, 7) is 0. The van der Waals surface area contributed by atoms with Crippen molar-refractivity contribution in [2.45, 2.75) is 24.7 Å². The zero-order chi connectivity index (χ0) is 13.9. The molecule has 0 fully saturated rings. The molecule has 0 aliphatic rings. The minimum atomic E-state index is -4.51. The molecule has 1 aromatic carbocycles. The van der Waals surface area contributed by atoms with E-state index in [0.717, 1.165) is 18.2 Å². The number of aliphatic hydroxyl groups is 1. The molecule has 0 bridgehead atoms. The number of aliphatic hydroxyl groups excluding tert-OH is 1. The zero-order valence-electron chi connectivity index (χ0n) is 9.19. The number of hydrogen-bond donors (Lipinski definition) is 3. The Hall–Kier alpha value is -1.60. The van der Waals surface area contributed by atoms with E-state index in [-0.39, 0.29) is 12.0 Å². The van der Waals surface area contributed by atoms with Gasteiger partial charge in [0.1, 0.15) is 6.04 Å². The lowest BCUT2D eigenvalue weighted by Gasteiger charge is -2.15. The summed E-state index contributed by atoms with van der Waals surface area (Å²) in [6, 6.07) is 2.75. The molecule has 4 N–H and O–H groups in total. The molecule has 18 heavy (non-hydrogen) atoms. The van der Waals surface area contributed by atoms with E-state index in [1.165, 1.54) is 6.07 Å². The second-order valence-electron chi connectivity index (χ2n) is 3.82. The van der Waals surface area contributed by atoms with E-state index >= 15 is 0 Å². The monoisotopic (exact) mass is 263 g/mol. The topological polar surface area (TPSA) is 83.5 Å². The van der Waals surface area contributed by atoms with Crippen LogP contribution in [0.1, 0.15) is 23.7 Å². The molecule has 2 unspecified atom stereocenters. The molecule has 0 radical (unpaired) electrons. The van der Waals surface area contributed by atoms with Gasteiger partial charge in [-0.2, -0.15) is 13.2 Å². The third-order valence-corrected chi connectivity index (χ3v) is 2.39. The summed E-state index contributed by atoms with van der Waals surface area (Å²) in [5, 5.41) is 18.2. The molecule has 0 saturated heterocycles. The number of rotatable bonds is 4. The van der Waals surface area contributed by atoms with Crippen molar-refractivity contribution in [3.8, 4) is 0 Å². The van der Waals surface area contributed by atoms with Gasteiger partial charge in [0.05, 0.1) is 11.7 Å². The highest BCUT2D eigenvalue weighted by Gasteiger charge is 2.31. The summed E-state index contributed by atoms with van der Waals surface area (Å²) in [7, 11) is 0. The van der Waals surface area contributed by atoms with Gasteiger partial charge in [-0.05, 0) is 17.7 Å². The van der Waals surface area contributed by atoms with E-state index in [0.29, 0.717) is 0 Å². The summed E-state index contributed by atoms with van der Waals surface area (Å²) in [6.07, 6.45) is -6.21. The second kappa shape index (κ2) is 5.36. The number of alkyl halides is 3. The van der Waals surface area contributed by atoms with Gasteiger partial charge in [-0.15, -0.1) is 0 Å². The molecule has 0 aliphatic heterocycles. The maximum Gasteiger partial charge on any atom is 0.416 e. The Kier molecular flexibility index (Phi) is 4.31. The van der Waals surface area contributed by atoms with Crippen molar-refractivity contribution in [1.29, 1.82) is 0 Å². The summed E-state index contributed by atoms with van der Waals surface area (Å²) >= 11 is 0. The first-order valence-electron chi connectivity index (χ1n) is 5.05. The number of carbonyl (C=O) groups is 1. The average molecular weight is 263 g/mol. The van der Waals surface area contributed by atoms with E-state index in [4.69, 9.17) is 10.8 Å². The van der Waals surface area contributed by atoms with Crippen LogP contribution in [0.15, 0.2) is 24.3 Å². The van der Waals surface area contributed by atoms with Crippen molar-refractivity contribution >= 4 is 5.97 Å². The van der Waals surface area contributed by atoms with E-state index < -0.39 is 29.9 Å². The Morgan fingerprint density at radius 3 is 2.50 bits per heavy atom. The van der Waals surface area contributed by atoms with Crippen molar-refractivity contribution in [3.63, 3.8) is 0 Å². The van der Waals surface area contributed by atoms with Crippen LogP contribution in [0, 0.1) is 0 Å². The predicted octanol–water partition coefficient (Wildman–Crippen LogP) is 1.54. The fourth-order valence-corrected chi connectivity index (χ4v) is 1.40. The number of nitrogens with two attached hydrogens (primary N) is 1. The van der Waals surface area contributed by atoms with Gasteiger partial charge in [-0.25, -0.2) is 0 Å². The van der Waals surface area contributed by atoms with Crippen molar-refractivity contribution in [2.24, 2.45) is 5.73 Å². The Balaban J connectivity index is 2.87. The fraction of sp³-hybridized carbons (Fsp3) is 0.364. The first-order chi connectivity index (χ1) is 8.21. The van der Waals surface area contributed by atoms with Gasteiger partial charge < -0.3 is 15.9 Å². The van der Waals surface area contributed by atoms with E-state index in [2.05, 4.69) is 0 Å². The molecule has 0 spiro atoms. The van der Waals surface area contributed by atoms with Crippen LogP contribution in [-0.4, -0.2) is 22.2 Å². The van der Waals surface area contributed by atoms with Gasteiger partial charge in [-0.1, -0.05) is 12.1 Å². The normalized spacial score (nSPS) is 15.2. The maximum absolute atomic E-state index is 12.4. The Bertz CT molecular complexity index is 434. The van der Waals surface area contributed by atoms with Gasteiger partial charge in [-0.3, -0.25) is 4.79 Å². The SMILES string of the molecule is NC(CC(O)c1cccc(C(F)(F)F)c1)C(=O)O. The molecule has 0 aliphatic carbocycles. The third-order valence-electron chi connectivity index (χ3n) is 2.39. The molecular weight excluding hydrogens is 251 g/mol. The van der Waals surface area contributed by atoms with Gasteiger partial charge in [0.2, 0.25) is 0 Å². The highest BCUT2D eigenvalue weighted by atomic mass is 19.4. The summed E-state index contributed by atoms with van der Waals surface area (Å²) in [5.74, 6) is -1.32. The molecule has 0 aromatic heterocycles. The van der Waals surface area contributed by atoms with Crippen LogP contribution in [0.4, 0.5) is 13.2 Å². The van der Waals surface area contributed by atoms with Crippen LogP contribution in [0.3, 0.4) is 0 Å². The molecule has 4 nitrogen and oxygen atoms in total. The van der Waals surface area contributed by atoms with E-state index in [9.17, 15) is 23.1 Å². The first kappa shape index (κ1) is 14.5. The van der Waals surface area contributed by atoms with Crippen LogP contribution in [0.2, 0.25) is 0 Å². The minimum absolute atomic E-state index is 0.0125. The van der Waals surface area contributed by atoms with Gasteiger partial charge in [0, 0.05) is 6.42 Å². The van der Waals surface area contributed by atoms with Gasteiger partial charge in [0.15, 0.2) is 0 Å². The zero-order valence-corrected chi connectivity index (χ0v) is 9.19. The molecule has 0 amide bonds. The lowest BCUT2D eigenvalue weighted by Crippen LogP contribution is -2.31. The van der Waals surface area contributed by atoms with Crippen LogP contribution < -0.4 is 5.73 Å². The highest BCUT2D eigenvalue weighted by molar-refractivity contribution is 5.73. The molecular formula is C11H12F3NO3. The average Bonchev–Trinajstić information content (AvgIpc) is 2.27. The van der Waals surface area contributed by atoms with Crippen LogP contribution in [0.25, 0.3) is 0 Å². The van der Waals surface area contributed by atoms with Crippen molar-refractivity contribution < 1.29 is 28.2 Å². The molecule has 0 saturated carbocycles. The molecule has 7 heteroatoms. The largest absolute Gasteiger partial charge is 0.480 e. The van der Waals surface area contributed by atoms with Crippen LogP contribution in [-0.2, 0) is 11.0 Å². The molecule has 100 valence electrons. The number of carboxylic acids is 1. The lowest BCUT2D eigenvalue weighted by molar-refractivity contribution is -0.140. The summed E-state index contributed by atoms with van der Waals surface area (Å²) in [4.78, 5) is 10.5. The van der Waals surface area contributed by atoms with Crippen LogP contribution >= 0.6 is 0 Å². The molecule has 2 atom stereocenters. The number of carboxylic acid groups (broad SMARTS) is 1. The van der Waals surface area contributed by atoms with Gasteiger partial charge in [0.25, 0.3) is 0 Å². The van der Waals surface area contributed by atoms with Gasteiger partial charge >= 0.3 is 12.1 Å². The second-order valence-corrected chi connectivity index (χ2v) is 3.82. The van der Waals surface area contributed by atoms with E-state index in [1.54, 1.807) is 0 Å². The molecule has 1 rings (SSSR count). The number of hydrogen-bond acceptors (Lipinski definition) is 3. The molecule has 1 aromatic rings. The fourth-order valence-electron chi connectivity index (χ4n) is 1.40. The van der Waals surface area contributed by atoms with Crippen molar-refractivity contribution in [3.05, 3.63) is 35.4 Å². The minimum Gasteiger partial charge on any atom is -0.480 e. The smallest absolute Gasteiger partial charge is 0.416 e. The maximum atomic E-state index is 12.4. The Morgan fingerprint density at radius 2 is 2.00 bits per heavy atom. The highest BCUT2D eigenvalue weighted by Crippen LogP contribution is 2.31. The van der Waals surface area contributed by atoms with Crippen LogP contribution in [0.5, 0.6) is 0 Å². The number of benzene rings is 1.